The van der Waals surface area contributed by atoms with E-state index in [1.165, 1.54) is 16.8 Å². The largest absolute Gasteiger partial charge is 0.302 e. The van der Waals surface area contributed by atoms with E-state index < -0.39 is 5.91 Å². The van der Waals surface area contributed by atoms with Gasteiger partial charge >= 0.3 is 0 Å². The fraction of sp³-hybridized carbons (Fsp3) is 0.0588. The van der Waals surface area contributed by atoms with Gasteiger partial charge in [-0.1, -0.05) is 12.1 Å². The predicted molar refractivity (Wildman–Crippen MR) is 90.1 cm³/mol. The summed E-state index contributed by atoms with van der Waals surface area (Å²) in [5.74, 6) is 0.125. The quantitative estimate of drug-likeness (QED) is 0.602. The van der Waals surface area contributed by atoms with Gasteiger partial charge in [0.2, 0.25) is 5.82 Å². The van der Waals surface area contributed by atoms with Crippen molar-refractivity contribution in [2.75, 3.05) is 5.32 Å². The van der Waals surface area contributed by atoms with Crippen molar-refractivity contribution < 1.29 is 9.18 Å². The Kier molecular flexibility index (Phi) is 3.50. The van der Waals surface area contributed by atoms with Crippen LogP contribution in [0.2, 0.25) is 0 Å². The van der Waals surface area contributed by atoms with Gasteiger partial charge in [0.1, 0.15) is 11.6 Å². The molecule has 0 aliphatic rings. The van der Waals surface area contributed by atoms with Gasteiger partial charge in [0.15, 0.2) is 5.82 Å². The number of aromatic nitrogens is 5. The number of aryl methyl sites for hydroxylation is 1. The number of hydrogen-bond donors (Lipinski definition) is 2. The Bertz CT molecular complexity index is 1070. The molecule has 0 saturated carbocycles. The first-order valence-corrected chi connectivity index (χ1v) is 7.56. The highest BCUT2D eigenvalue weighted by molar-refractivity contribution is 6.05. The lowest BCUT2D eigenvalue weighted by molar-refractivity contribution is 0.101. The number of carbonyl (C=O) groups is 1. The van der Waals surface area contributed by atoms with Gasteiger partial charge in [-0.2, -0.15) is 5.10 Å². The number of hydrogen-bond acceptors (Lipinski definition) is 4. The number of benzene rings is 2. The third-order valence-corrected chi connectivity index (χ3v) is 3.75. The number of carbonyl (C=O) groups excluding carboxylic acids is 1. The Labute approximate surface area is 141 Å². The summed E-state index contributed by atoms with van der Waals surface area (Å²) in [4.78, 5) is 16.6. The maximum absolute atomic E-state index is 13.1. The molecule has 2 aromatic carbocycles. The highest BCUT2D eigenvalue weighted by Gasteiger charge is 2.17. The van der Waals surface area contributed by atoms with E-state index in [-0.39, 0.29) is 11.6 Å². The minimum Gasteiger partial charge on any atom is -0.302 e. The van der Waals surface area contributed by atoms with Crippen LogP contribution in [0, 0.1) is 12.7 Å². The monoisotopic (exact) mass is 336 g/mol. The third-order valence-electron chi connectivity index (χ3n) is 3.75. The molecule has 4 rings (SSSR count). The van der Waals surface area contributed by atoms with Gasteiger partial charge in [-0.15, -0.1) is 5.10 Å². The number of fused-ring (bicyclic) bond motifs is 1. The lowest BCUT2D eigenvalue weighted by Crippen LogP contribution is -2.14. The first kappa shape index (κ1) is 15.0. The first-order valence-electron chi connectivity index (χ1n) is 7.56. The van der Waals surface area contributed by atoms with Crippen LogP contribution in [0.4, 0.5) is 10.2 Å². The molecule has 2 heterocycles. The second kappa shape index (κ2) is 5.82. The van der Waals surface area contributed by atoms with Crippen molar-refractivity contribution in [2.45, 2.75) is 6.92 Å². The van der Waals surface area contributed by atoms with E-state index in [4.69, 9.17) is 0 Å². The molecule has 7 nitrogen and oxygen atoms in total. The van der Waals surface area contributed by atoms with Gasteiger partial charge in [0, 0.05) is 5.39 Å². The molecule has 1 amide bonds. The van der Waals surface area contributed by atoms with Gasteiger partial charge < -0.3 is 5.32 Å². The van der Waals surface area contributed by atoms with Crippen molar-refractivity contribution in [3.8, 4) is 5.69 Å². The van der Waals surface area contributed by atoms with Crippen molar-refractivity contribution in [1.29, 1.82) is 0 Å². The highest BCUT2D eigenvalue weighted by atomic mass is 19.1. The molecule has 0 unspecified atom stereocenters. The maximum atomic E-state index is 13.1. The Balaban J connectivity index is 1.63. The molecule has 2 N–H and O–H groups in total. The zero-order chi connectivity index (χ0) is 17.4. The molecule has 0 aliphatic heterocycles. The van der Waals surface area contributed by atoms with Gasteiger partial charge in [0.25, 0.3) is 5.91 Å². The fourth-order valence-electron chi connectivity index (χ4n) is 2.54. The van der Waals surface area contributed by atoms with Crippen LogP contribution >= 0.6 is 0 Å². The number of rotatable bonds is 3. The zero-order valence-electron chi connectivity index (χ0n) is 13.2. The van der Waals surface area contributed by atoms with E-state index >= 15 is 0 Å². The SMILES string of the molecule is Cc1nc(C(=O)Nc2n[nH]c3ccccc23)nn1-c1ccc(F)cc1. The van der Waals surface area contributed by atoms with Crippen LogP contribution in [0.3, 0.4) is 0 Å². The number of nitrogens with zero attached hydrogens (tertiary/aromatic N) is 4. The zero-order valence-corrected chi connectivity index (χ0v) is 13.2. The lowest BCUT2D eigenvalue weighted by atomic mass is 10.2. The molecular weight excluding hydrogens is 323 g/mol. The molecule has 0 radical (unpaired) electrons. The molecule has 8 heteroatoms. The standard InChI is InChI=1S/C17H13FN6O/c1-10-19-16(23-24(10)12-8-6-11(18)7-9-12)17(25)20-15-13-4-2-3-5-14(13)21-22-15/h2-9H,1H3,(H2,20,21,22,25). The van der Waals surface area contributed by atoms with Gasteiger partial charge in [0.05, 0.1) is 11.2 Å². The van der Waals surface area contributed by atoms with Crippen LogP contribution in [0.5, 0.6) is 0 Å². The minimum absolute atomic E-state index is 0.00825. The molecule has 25 heavy (non-hydrogen) atoms. The molecule has 0 aliphatic carbocycles. The average Bonchev–Trinajstić information content (AvgIpc) is 3.20. The van der Waals surface area contributed by atoms with E-state index in [0.717, 1.165) is 10.9 Å². The van der Waals surface area contributed by atoms with E-state index in [1.54, 1.807) is 19.1 Å². The average molecular weight is 336 g/mol. The number of H-pyrrole nitrogens is 1. The Morgan fingerprint density at radius 1 is 1.16 bits per heavy atom. The number of halogens is 1. The van der Waals surface area contributed by atoms with Crippen LogP contribution < -0.4 is 5.32 Å². The van der Waals surface area contributed by atoms with Gasteiger partial charge in [-0.3, -0.25) is 9.89 Å². The van der Waals surface area contributed by atoms with Crippen molar-refractivity contribution in [1.82, 2.24) is 25.0 Å². The summed E-state index contributed by atoms with van der Waals surface area (Å²) in [5.41, 5.74) is 1.44. The summed E-state index contributed by atoms with van der Waals surface area (Å²) in [6.45, 7) is 1.72. The molecule has 0 saturated heterocycles. The summed E-state index contributed by atoms with van der Waals surface area (Å²) < 4.78 is 14.5. The summed E-state index contributed by atoms with van der Waals surface area (Å²) in [6, 6.07) is 13.2. The molecule has 0 bridgehead atoms. The van der Waals surface area contributed by atoms with Crippen LogP contribution in [0.15, 0.2) is 48.5 Å². The maximum Gasteiger partial charge on any atom is 0.296 e. The lowest BCUT2D eigenvalue weighted by Gasteiger charge is -2.02. The van der Waals surface area contributed by atoms with Gasteiger partial charge in [-0.25, -0.2) is 14.1 Å². The number of para-hydroxylation sites is 1. The molecule has 4 aromatic rings. The molecule has 2 aromatic heterocycles. The first-order chi connectivity index (χ1) is 12.1. The van der Waals surface area contributed by atoms with Crippen molar-refractivity contribution >= 4 is 22.6 Å². The van der Waals surface area contributed by atoms with Gasteiger partial charge in [-0.05, 0) is 43.3 Å². The Hall–Kier alpha value is -3.55. The van der Waals surface area contributed by atoms with Crippen LogP contribution in [-0.4, -0.2) is 30.9 Å². The Morgan fingerprint density at radius 3 is 2.72 bits per heavy atom. The van der Waals surface area contributed by atoms with Crippen molar-refractivity contribution in [3.05, 3.63) is 66.0 Å². The summed E-state index contributed by atoms with van der Waals surface area (Å²) >= 11 is 0. The minimum atomic E-state index is -0.471. The number of aromatic amines is 1. The van der Waals surface area contributed by atoms with E-state index in [2.05, 4.69) is 25.6 Å². The molecule has 0 atom stereocenters. The number of amides is 1. The van der Waals surface area contributed by atoms with Crippen molar-refractivity contribution in [2.24, 2.45) is 0 Å². The topological polar surface area (TPSA) is 88.5 Å². The fourth-order valence-corrected chi connectivity index (χ4v) is 2.54. The van der Waals surface area contributed by atoms with E-state index in [1.807, 2.05) is 24.3 Å². The van der Waals surface area contributed by atoms with E-state index in [9.17, 15) is 9.18 Å². The smallest absolute Gasteiger partial charge is 0.296 e. The normalized spacial score (nSPS) is 11.0. The third kappa shape index (κ3) is 2.74. The predicted octanol–water partition coefficient (Wildman–Crippen LogP) is 2.84. The van der Waals surface area contributed by atoms with Crippen LogP contribution in [0.1, 0.15) is 16.4 Å². The van der Waals surface area contributed by atoms with Crippen LogP contribution in [0.25, 0.3) is 16.6 Å². The molecule has 0 fully saturated rings. The summed E-state index contributed by atoms with van der Waals surface area (Å²) in [7, 11) is 0. The van der Waals surface area contributed by atoms with Crippen molar-refractivity contribution in [3.63, 3.8) is 0 Å². The number of nitrogens with one attached hydrogen (secondary N) is 2. The molecule has 124 valence electrons. The summed E-state index contributed by atoms with van der Waals surface area (Å²) in [5, 5.41) is 14.6. The highest BCUT2D eigenvalue weighted by Crippen LogP contribution is 2.20. The molecule has 0 spiro atoms. The second-order valence-corrected chi connectivity index (χ2v) is 5.44. The van der Waals surface area contributed by atoms with Crippen LogP contribution in [-0.2, 0) is 0 Å². The Morgan fingerprint density at radius 2 is 1.92 bits per heavy atom. The summed E-state index contributed by atoms with van der Waals surface area (Å²) in [6.07, 6.45) is 0. The second-order valence-electron chi connectivity index (χ2n) is 5.44. The number of anilines is 1. The molecular formula is C17H13FN6O. The van der Waals surface area contributed by atoms with E-state index in [0.29, 0.717) is 17.3 Å².